The number of carbonyl (C=O) groups is 1. The van der Waals surface area contributed by atoms with Crippen LogP contribution >= 0.6 is 0 Å². The number of amides is 1. The van der Waals surface area contributed by atoms with Crippen molar-refractivity contribution in [3.8, 4) is 6.07 Å². The minimum absolute atomic E-state index is 0.0315. The zero-order valence-corrected chi connectivity index (χ0v) is 12.4. The molecule has 1 heterocycles. The first-order valence-corrected chi connectivity index (χ1v) is 7.85. The summed E-state index contributed by atoms with van der Waals surface area (Å²) in [4.78, 5) is 12.8. The second kappa shape index (κ2) is 5.71. The monoisotopic (exact) mass is 308 g/mol. The van der Waals surface area contributed by atoms with Gasteiger partial charge in [0.15, 0.2) is 0 Å². The Morgan fingerprint density at radius 2 is 1.90 bits per heavy atom. The molecule has 0 aliphatic carbocycles. The topological polar surface area (TPSA) is 108 Å². The van der Waals surface area contributed by atoms with E-state index in [9.17, 15) is 13.2 Å². The quantitative estimate of drug-likeness (QED) is 0.773. The Labute approximate surface area is 123 Å². The van der Waals surface area contributed by atoms with E-state index in [1.165, 1.54) is 29.4 Å². The van der Waals surface area contributed by atoms with Gasteiger partial charge in [0.05, 0.1) is 5.56 Å². The molecule has 0 radical (unpaired) electrons. The highest BCUT2D eigenvalue weighted by molar-refractivity contribution is 7.89. The number of benzene rings is 1. The third-order valence-electron chi connectivity index (χ3n) is 3.43. The van der Waals surface area contributed by atoms with Crippen molar-refractivity contribution in [3.05, 3.63) is 23.8 Å². The Balaban J connectivity index is 2.28. The summed E-state index contributed by atoms with van der Waals surface area (Å²) in [6, 6.07) is 6.01. The van der Waals surface area contributed by atoms with Crippen LogP contribution in [0.4, 0.5) is 5.69 Å². The van der Waals surface area contributed by atoms with Crippen LogP contribution in [0.3, 0.4) is 0 Å². The van der Waals surface area contributed by atoms with E-state index in [-0.39, 0.29) is 29.5 Å². The van der Waals surface area contributed by atoms with Crippen molar-refractivity contribution in [3.63, 3.8) is 0 Å². The molecule has 1 aliphatic rings. The number of carbonyl (C=O) groups excluding carboxylic acids is 1. The van der Waals surface area contributed by atoms with Gasteiger partial charge in [0, 0.05) is 38.8 Å². The molecule has 8 heteroatoms. The lowest BCUT2D eigenvalue weighted by atomic mass is 10.2. The predicted octanol–water partition coefficient (Wildman–Crippen LogP) is -0.00672. The molecule has 1 aromatic rings. The lowest BCUT2D eigenvalue weighted by Crippen LogP contribution is -2.50. The summed E-state index contributed by atoms with van der Waals surface area (Å²) >= 11 is 0. The number of anilines is 1. The van der Waals surface area contributed by atoms with Gasteiger partial charge in [0.25, 0.3) is 0 Å². The Morgan fingerprint density at radius 1 is 1.29 bits per heavy atom. The van der Waals surface area contributed by atoms with Crippen LogP contribution in [0, 0.1) is 11.3 Å². The van der Waals surface area contributed by atoms with Gasteiger partial charge in [-0.3, -0.25) is 4.79 Å². The molecule has 0 atom stereocenters. The van der Waals surface area contributed by atoms with Crippen molar-refractivity contribution in [2.75, 3.05) is 31.9 Å². The molecular formula is C13H16N4O3S. The van der Waals surface area contributed by atoms with Gasteiger partial charge in [0.2, 0.25) is 15.9 Å². The first kappa shape index (κ1) is 15.3. The second-order valence-corrected chi connectivity index (χ2v) is 6.68. The summed E-state index contributed by atoms with van der Waals surface area (Å²) in [6.07, 6.45) is 0. The third kappa shape index (κ3) is 2.99. The van der Waals surface area contributed by atoms with Gasteiger partial charge in [-0.15, -0.1) is 0 Å². The van der Waals surface area contributed by atoms with Gasteiger partial charge >= 0.3 is 0 Å². The number of nitriles is 1. The summed E-state index contributed by atoms with van der Waals surface area (Å²) in [7, 11) is -3.75. The van der Waals surface area contributed by atoms with Gasteiger partial charge < -0.3 is 10.6 Å². The van der Waals surface area contributed by atoms with Gasteiger partial charge in [-0.2, -0.15) is 9.57 Å². The Hall–Kier alpha value is -2.11. The van der Waals surface area contributed by atoms with Crippen LogP contribution in [0.1, 0.15) is 12.5 Å². The lowest BCUT2D eigenvalue weighted by molar-refractivity contribution is -0.129. The molecule has 0 spiro atoms. The first-order chi connectivity index (χ1) is 9.86. The third-order valence-corrected chi connectivity index (χ3v) is 5.38. The van der Waals surface area contributed by atoms with Crippen molar-refractivity contribution in [1.82, 2.24) is 9.21 Å². The summed E-state index contributed by atoms with van der Waals surface area (Å²) in [5, 5.41) is 9.08. The molecule has 1 fully saturated rings. The number of rotatable bonds is 2. The maximum Gasteiger partial charge on any atom is 0.244 e. The molecule has 0 saturated carbocycles. The molecule has 1 saturated heterocycles. The van der Waals surface area contributed by atoms with Crippen LogP contribution in [-0.2, 0) is 14.8 Å². The minimum Gasteiger partial charge on any atom is -0.399 e. The van der Waals surface area contributed by atoms with Crippen molar-refractivity contribution in [2.24, 2.45) is 0 Å². The molecule has 1 aromatic carbocycles. The highest BCUT2D eigenvalue weighted by atomic mass is 32.2. The summed E-state index contributed by atoms with van der Waals surface area (Å²) < 4.78 is 26.5. The average molecular weight is 308 g/mol. The lowest BCUT2D eigenvalue weighted by Gasteiger charge is -2.33. The van der Waals surface area contributed by atoms with Crippen LogP contribution in [0.2, 0.25) is 0 Å². The van der Waals surface area contributed by atoms with Crippen molar-refractivity contribution >= 4 is 21.6 Å². The van der Waals surface area contributed by atoms with E-state index in [4.69, 9.17) is 11.0 Å². The van der Waals surface area contributed by atoms with E-state index in [1.807, 2.05) is 6.07 Å². The molecule has 0 unspecified atom stereocenters. The molecule has 1 aliphatic heterocycles. The van der Waals surface area contributed by atoms with Crippen LogP contribution in [0.15, 0.2) is 23.1 Å². The Morgan fingerprint density at radius 3 is 2.43 bits per heavy atom. The number of hydrogen-bond donors (Lipinski definition) is 1. The van der Waals surface area contributed by atoms with E-state index in [1.54, 1.807) is 4.90 Å². The van der Waals surface area contributed by atoms with E-state index >= 15 is 0 Å². The fourth-order valence-corrected chi connectivity index (χ4v) is 3.79. The number of hydrogen-bond acceptors (Lipinski definition) is 5. The molecule has 0 bridgehead atoms. The zero-order valence-electron chi connectivity index (χ0n) is 11.6. The molecule has 2 N–H and O–H groups in total. The molecular weight excluding hydrogens is 292 g/mol. The minimum atomic E-state index is -3.75. The fraction of sp³-hybridized carbons (Fsp3) is 0.385. The van der Waals surface area contributed by atoms with E-state index in [0.717, 1.165) is 0 Å². The fourth-order valence-electron chi connectivity index (χ4n) is 2.24. The maximum atomic E-state index is 12.6. The number of sulfonamides is 1. The molecule has 2 rings (SSSR count). The van der Waals surface area contributed by atoms with Crippen LogP contribution < -0.4 is 5.73 Å². The number of nitrogens with zero attached hydrogens (tertiary/aromatic N) is 3. The van der Waals surface area contributed by atoms with E-state index < -0.39 is 10.0 Å². The summed E-state index contributed by atoms with van der Waals surface area (Å²) in [6.45, 7) is 2.60. The second-order valence-electron chi connectivity index (χ2n) is 4.78. The van der Waals surface area contributed by atoms with E-state index in [2.05, 4.69) is 0 Å². The van der Waals surface area contributed by atoms with Gasteiger partial charge in [-0.25, -0.2) is 8.42 Å². The molecule has 7 nitrogen and oxygen atoms in total. The van der Waals surface area contributed by atoms with Crippen LogP contribution in [0.25, 0.3) is 0 Å². The molecule has 112 valence electrons. The smallest absolute Gasteiger partial charge is 0.244 e. The van der Waals surface area contributed by atoms with Gasteiger partial charge in [-0.05, 0) is 18.2 Å². The van der Waals surface area contributed by atoms with Gasteiger partial charge in [0.1, 0.15) is 11.0 Å². The summed E-state index contributed by atoms with van der Waals surface area (Å²) in [5.41, 5.74) is 5.94. The van der Waals surface area contributed by atoms with E-state index in [0.29, 0.717) is 18.8 Å². The zero-order chi connectivity index (χ0) is 15.6. The molecule has 1 amide bonds. The van der Waals surface area contributed by atoms with Gasteiger partial charge in [-0.1, -0.05) is 0 Å². The maximum absolute atomic E-state index is 12.6. The van der Waals surface area contributed by atoms with Crippen molar-refractivity contribution in [2.45, 2.75) is 11.8 Å². The average Bonchev–Trinajstić information content (AvgIpc) is 2.46. The van der Waals surface area contributed by atoms with Crippen LogP contribution in [-0.4, -0.2) is 49.7 Å². The van der Waals surface area contributed by atoms with Crippen molar-refractivity contribution in [1.29, 1.82) is 5.26 Å². The molecule has 0 aromatic heterocycles. The normalized spacial score (nSPS) is 16.5. The SMILES string of the molecule is CC(=O)N1CCN(S(=O)(=O)c2ccc(N)cc2C#N)CC1. The highest BCUT2D eigenvalue weighted by Crippen LogP contribution is 2.23. The molecule has 21 heavy (non-hydrogen) atoms. The standard InChI is InChI=1S/C13H16N4O3S/c1-10(18)16-4-6-17(7-5-16)21(19,20)13-3-2-12(15)8-11(13)9-14/h2-3,8H,4-7,15H2,1H3. The van der Waals surface area contributed by atoms with Crippen molar-refractivity contribution < 1.29 is 13.2 Å². The first-order valence-electron chi connectivity index (χ1n) is 6.41. The number of nitrogen functional groups attached to an aromatic ring is 1. The van der Waals surface area contributed by atoms with Crippen LogP contribution in [0.5, 0.6) is 0 Å². The summed E-state index contributed by atoms with van der Waals surface area (Å²) in [5.74, 6) is -0.0720. The largest absolute Gasteiger partial charge is 0.399 e. The Bertz CT molecular complexity index is 701. The number of nitrogens with two attached hydrogens (primary N) is 1. The number of piperazine rings is 1. The Kier molecular flexibility index (Phi) is 4.16. The predicted molar refractivity (Wildman–Crippen MR) is 76.6 cm³/mol. The highest BCUT2D eigenvalue weighted by Gasteiger charge is 2.30.